The maximum Gasteiger partial charge on any atom is 0.294 e. The third kappa shape index (κ3) is 2.64. The molecule has 1 saturated heterocycles. The molecule has 3 aromatic rings. The molecule has 0 bridgehead atoms. The van der Waals surface area contributed by atoms with Crippen LogP contribution in [0.1, 0.15) is 19.7 Å². The molecule has 6 heteroatoms. The highest BCUT2D eigenvalue weighted by Crippen LogP contribution is 2.24. The van der Waals surface area contributed by atoms with E-state index in [0.29, 0.717) is 29.1 Å². The Kier molecular flexibility index (Phi) is 3.43. The summed E-state index contributed by atoms with van der Waals surface area (Å²) in [4.78, 5) is 21.2. The van der Waals surface area contributed by atoms with Crippen LogP contribution in [0.4, 0.5) is 0 Å². The van der Waals surface area contributed by atoms with Crippen molar-refractivity contribution in [2.75, 3.05) is 13.1 Å². The van der Waals surface area contributed by atoms with Gasteiger partial charge in [-0.3, -0.25) is 4.79 Å². The van der Waals surface area contributed by atoms with E-state index >= 15 is 0 Å². The summed E-state index contributed by atoms with van der Waals surface area (Å²) in [6, 6.07) is 7.60. The monoisotopic (exact) mass is 314 g/mol. The van der Waals surface area contributed by atoms with Gasteiger partial charge in [-0.15, -0.1) is 0 Å². The molecular weight excluding hydrogens is 294 g/mol. The Morgan fingerprint density at radius 1 is 1.26 bits per heavy atom. The first-order valence-corrected chi connectivity index (χ1v) is 7.99. The topological polar surface area (TPSA) is 72.6 Å². The predicted octanol–water partition coefficient (Wildman–Crippen LogP) is 0.861. The van der Waals surface area contributed by atoms with Gasteiger partial charge < -0.3 is 19.0 Å². The maximum absolute atomic E-state index is 12.3. The minimum atomic E-state index is -0.213. The Balaban J connectivity index is 1.73. The minimum absolute atomic E-state index is 0.213. The van der Waals surface area contributed by atoms with Gasteiger partial charge in [-0.05, 0) is 26.0 Å². The van der Waals surface area contributed by atoms with Crippen molar-refractivity contribution in [1.29, 1.82) is 0 Å². The van der Waals surface area contributed by atoms with Crippen LogP contribution < -0.4 is 10.5 Å². The van der Waals surface area contributed by atoms with Gasteiger partial charge in [-0.25, -0.2) is 4.98 Å². The molecule has 4 rings (SSSR count). The molecule has 0 radical (unpaired) electrons. The summed E-state index contributed by atoms with van der Waals surface area (Å²) in [6.45, 7) is 6.68. The zero-order chi connectivity index (χ0) is 16.0. The average molecular weight is 314 g/mol. The number of aromatic amines is 1. The number of ether oxygens (including phenoxy) is 1. The van der Waals surface area contributed by atoms with E-state index in [2.05, 4.69) is 23.8 Å². The molecule has 2 aromatic heterocycles. The summed E-state index contributed by atoms with van der Waals surface area (Å²) in [7, 11) is 0. The molecule has 3 heterocycles. The molecule has 6 nitrogen and oxygen atoms in total. The van der Waals surface area contributed by atoms with Gasteiger partial charge in [-0.2, -0.15) is 0 Å². The van der Waals surface area contributed by atoms with Crippen molar-refractivity contribution in [2.24, 2.45) is 0 Å². The number of H-pyrrole nitrogens is 1. The van der Waals surface area contributed by atoms with Gasteiger partial charge in [0.05, 0.1) is 0 Å². The van der Waals surface area contributed by atoms with Gasteiger partial charge in [0, 0.05) is 5.39 Å². The van der Waals surface area contributed by atoms with Crippen molar-refractivity contribution in [2.45, 2.75) is 32.6 Å². The first-order chi connectivity index (χ1) is 11.1. The van der Waals surface area contributed by atoms with Crippen LogP contribution in [0.2, 0.25) is 0 Å². The van der Waals surface area contributed by atoms with E-state index in [1.165, 1.54) is 4.90 Å². The number of hydrogen-bond acceptors (Lipinski definition) is 4. The first-order valence-electron chi connectivity index (χ1n) is 7.99. The van der Waals surface area contributed by atoms with Crippen LogP contribution in [0.25, 0.3) is 22.1 Å². The van der Waals surface area contributed by atoms with Crippen LogP contribution in [0.15, 0.2) is 33.5 Å². The highest BCUT2D eigenvalue weighted by Gasteiger charge is 2.26. The second-order valence-corrected chi connectivity index (χ2v) is 6.38. The van der Waals surface area contributed by atoms with E-state index in [1.807, 2.05) is 24.3 Å². The second-order valence-electron chi connectivity index (χ2n) is 6.38. The van der Waals surface area contributed by atoms with E-state index in [9.17, 15) is 4.79 Å². The number of morpholine rings is 1. The van der Waals surface area contributed by atoms with Gasteiger partial charge in [0.2, 0.25) is 5.58 Å². The van der Waals surface area contributed by atoms with Gasteiger partial charge in [0.15, 0.2) is 5.82 Å². The lowest BCUT2D eigenvalue weighted by Gasteiger charge is -2.32. The van der Waals surface area contributed by atoms with Crippen LogP contribution in [-0.2, 0) is 11.3 Å². The lowest BCUT2D eigenvalue weighted by atomic mass is 10.2. The van der Waals surface area contributed by atoms with Crippen molar-refractivity contribution in [3.05, 3.63) is 40.4 Å². The molecule has 2 N–H and O–H groups in total. The van der Waals surface area contributed by atoms with E-state index in [1.54, 1.807) is 0 Å². The smallest absolute Gasteiger partial charge is 0.294 e. The number of benzene rings is 1. The third-order valence-electron chi connectivity index (χ3n) is 4.31. The number of furan rings is 1. The fraction of sp³-hybridized carbons (Fsp3) is 0.412. The molecule has 2 atom stereocenters. The molecule has 120 valence electrons. The Morgan fingerprint density at radius 3 is 2.78 bits per heavy atom. The fourth-order valence-electron chi connectivity index (χ4n) is 3.50. The molecule has 1 aliphatic heterocycles. The number of nitrogens with one attached hydrogen (secondary N) is 2. The SMILES string of the molecule is C[C@H]1C[NH+](Cc2nc3c(oc4ccccc43)c(=O)[nH]2)C[C@H](C)O1. The van der Waals surface area contributed by atoms with Crippen molar-refractivity contribution in [3.63, 3.8) is 0 Å². The number of aromatic nitrogens is 2. The van der Waals surface area contributed by atoms with Crippen LogP contribution in [0.5, 0.6) is 0 Å². The Morgan fingerprint density at radius 2 is 2.00 bits per heavy atom. The zero-order valence-corrected chi connectivity index (χ0v) is 13.3. The maximum atomic E-state index is 12.3. The summed E-state index contributed by atoms with van der Waals surface area (Å²) in [5.74, 6) is 0.699. The van der Waals surface area contributed by atoms with E-state index in [4.69, 9.17) is 9.15 Å². The third-order valence-corrected chi connectivity index (χ3v) is 4.31. The van der Waals surface area contributed by atoms with E-state index < -0.39 is 0 Å². The fourth-order valence-corrected chi connectivity index (χ4v) is 3.50. The number of hydrogen-bond donors (Lipinski definition) is 2. The Labute approximate surface area is 133 Å². The van der Waals surface area contributed by atoms with Crippen molar-refractivity contribution >= 4 is 22.1 Å². The molecule has 1 fully saturated rings. The minimum Gasteiger partial charge on any atom is -0.449 e. The quantitative estimate of drug-likeness (QED) is 0.736. The number of rotatable bonds is 2. The summed E-state index contributed by atoms with van der Waals surface area (Å²) >= 11 is 0. The van der Waals surface area contributed by atoms with Crippen LogP contribution in [0, 0.1) is 0 Å². The molecule has 1 aromatic carbocycles. The summed E-state index contributed by atoms with van der Waals surface area (Å²) < 4.78 is 11.4. The summed E-state index contributed by atoms with van der Waals surface area (Å²) in [5.41, 5.74) is 1.43. The molecule has 1 aliphatic rings. The number of para-hydroxylation sites is 1. The van der Waals surface area contributed by atoms with Gasteiger partial charge in [-0.1, -0.05) is 12.1 Å². The van der Waals surface area contributed by atoms with Crippen molar-refractivity contribution in [1.82, 2.24) is 9.97 Å². The molecule has 23 heavy (non-hydrogen) atoms. The second kappa shape index (κ2) is 5.47. The highest BCUT2D eigenvalue weighted by atomic mass is 16.5. The number of quaternary nitrogens is 1. The van der Waals surface area contributed by atoms with Gasteiger partial charge in [0.25, 0.3) is 5.56 Å². The molecule has 0 unspecified atom stereocenters. The average Bonchev–Trinajstić information content (AvgIpc) is 2.86. The molecular formula is C17H20N3O3+. The number of nitrogens with zero attached hydrogens (tertiary/aromatic N) is 1. The molecule has 0 aliphatic carbocycles. The van der Waals surface area contributed by atoms with Gasteiger partial charge in [0.1, 0.15) is 42.9 Å². The van der Waals surface area contributed by atoms with Crippen molar-refractivity contribution < 1.29 is 14.1 Å². The van der Waals surface area contributed by atoms with Crippen LogP contribution in [0.3, 0.4) is 0 Å². The predicted molar refractivity (Wildman–Crippen MR) is 86.5 cm³/mol. The Bertz CT molecular complexity index is 904. The Hall–Kier alpha value is -2.18. The first kappa shape index (κ1) is 14.4. The molecule has 0 saturated carbocycles. The van der Waals surface area contributed by atoms with Gasteiger partial charge >= 0.3 is 0 Å². The number of fused-ring (bicyclic) bond motifs is 3. The van der Waals surface area contributed by atoms with E-state index in [0.717, 1.165) is 18.5 Å². The zero-order valence-electron chi connectivity index (χ0n) is 13.3. The lowest BCUT2D eigenvalue weighted by molar-refractivity contribution is -0.928. The summed E-state index contributed by atoms with van der Waals surface area (Å²) in [6.07, 6.45) is 0.443. The van der Waals surface area contributed by atoms with Crippen LogP contribution >= 0.6 is 0 Å². The van der Waals surface area contributed by atoms with Crippen molar-refractivity contribution in [3.8, 4) is 0 Å². The molecule has 0 amide bonds. The lowest BCUT2D eigenvalue weighted by Crippen LogP contribution is -3.14. The highest BCUT2D eigenvalue weighted by molar-refractivity contribution is 6.01. The summed E-state index contributed by atoms with van der Waals surface area (Å²) in [5, 5.41) is 0.883. The van der Waals surface area contributed by atoms with Crippen LogP contribution in [-0.4, -0.2) is 35.3 Å². The molecule has 0 spiro atoms. The standard InChI is InChI=1S/C17H19N3O3/c1-10-7-20(8-11(2)22-10)9-14-18-15-12-5-3-4-6-13(12)23-16(15)17(21)19-14/h3-6,10-11H,7-9H2,1-2H3,(H,18,19,21)/p+1/t10-,11-/m0/s1. The van der Waals surface area contributed by atoms with E-state index in [-0.39, 0.29) is 17.8 Å². The largest absolute Gasteiger partial charge is 0.449 e. The normalized spacial score (nSPS) is 25.2.